The fourth-order valence-corrected chi connectivity index (χ4v) is 3.03. The number of benzene rings is 2. The van der Waals surface area contributed by atoms with Crippen molar-refractivity contribution in [3.63, 3.8) is 0 Å². The van der Waals surface area contributed by atoms with Crippen LogP contribution in [0, 0.1) is 0 Å². The number of rotatable bonds is 7. The van der Waals surface area contributed by atoms with Crippen LogP contribution in [0.3, 0.4) is 0 Å². The Balaban J connectivity index is 1.26. The summed E-state index contributed by atoms with van der Waals surface area (Å²) >= 11 is 6.08. The molecule has 0 saturated heterocycles. The highest BCUT2D eigenvalue weighted by molar-refractivity contribution is 6.31. The van der Waals surface area contributed by atoms with Gasteiger partial charge in [-0.3, -0.25) is 4.79 Å². The number of aryl methyl sites for hydroxylation is 1. The summed E-state index contributed by atoms with van der Waals surface area (Å²) < 4.78 is 16.3. The van der Waals surface area contributed by atoms with Crippen LogP contribution in [-0.4, -0.2) is 22.9 Å². The molecule has 0 aliphatic carbocycles. The van der Waals surface area contributed by atoms with Gasteiger partial charge in [0.05, 0.1) is 6.42 Å². The molecule has 1 N–H and O–H groups in total. The number of hydrogen-bond acceptors (Lipinski definition) is 6. The molecule has 1 aliphatic heterocycles. The Labute approximate surface area is 166 Å². The van der Waals surface area contributed by atoms with Crippen LogP contribution in [0.1, 0.15) is 29.3 Å². The molecule has 2 heterocycles. The molecule has 4 rings (SSSR count). The zero-order valence-electron chi connectivity index (χ0n) is 15.0. The van der Waals surface area contributed by atoms with Gasteiger partial charge in [-0.2, -0.15) is 0 Å². The molecule has 0 saturated carbocycles. The Morgan fingerprint density at radius 3 is 2.79 bits per heavy atom. The number of amides is 1. The third kappa shape index (κ3) is 4.43. The largest absolute Gasteiger partial charge is 0.454 e. The number of nitrogens with zero attached hydrogens (tertiary/aromatic N) is 2. The molecule has 7 nitrogen and oxygen atoms in total. The molecule has 0 fully saturated rings. The van der Waals surface area contributed by atoms with E-state index in [1.807, 2.05) is 36.4 Å². The average molecular weight is 400 g/mol. The minimum absolute atomic E-state index is 0.101. The van der Waals surface area contributed by atoms with Crippen molar-refractivity contribution in [2.45, 2.75) is 25.8 Å². The van der Waals surface area contributed by atoms with Crippen molar-refractivity contribution in [1.82, 2.24) is 15.5 Å². The topological polar surface area (TPSA) is 86.5 Å². The molecule has 28 heavy (non-hydrogen) atoms. The summed E-state index contributed by atoms with van der Waals surface area (Å²) in [4.78, 5) is 12.0. The molecule has 3 aromatic rings. The first kappa shape index (κ1) is 18.3. The maximum atomic E-state index is 12.0. The highest BCUT2D eigenvalue weighted by atomic mass is 35.5. The van der Waals surface area contributed by atoms with Gasteiger partial charge in [-0.15, -0.1) is 10.2 Å². The zero-order chi connectivity index (χ0) is 19.3. The Morgan fingerprint density at radius 1 is 1.07 bits per heavy atom. The van der Waals surface area contributed by atoms with Crippen LogP contribution >= 0.6 is 11.6 Å². The summed E-state index contributed by atoms with van der Waals surface area (Å²) in [5.41, 5.74) is 1.86. The van der Waals surface area contributed by atoms with E-state index in [4.69, 9.17) is 25.5 Å². The third-order valence-electron chi connectivity index (χ3n) is 4.30. The van der Waals surface area contributed by atoms with E-state index < -0.39 is 0 Å². The van der Waals surface area contributed by atoms with Crippen LogP contribution in [0.4, 0.5) is 0 Å². The molecule has 1 amide bonds. The number of aromatic nitrogens is 2. The lowest BCUT2D eigenvalue weighted by Crippen LogP contribution is -2.23. The number of ether oxygens (including phenoxy) is 2. The maximum Gasteiger partial charge on any atom is 0.231 e. The van der Waals surface area contributed by atoms with E-state index in [9.17, 15) is 4.79 Å². The highest BCUT2D eigenvalue weighted by Gasteiger charge is 2.15. The van der Waals surface area contributed by atoms with E-state index in [0.717, 1.165) is 16.9 Å². The van der Waals surface area contributed by atoms with Crippen molar-refractivity contribution in [2.75, 3.05) is 6.79 Å². The van der Waals surface area contributed by atoms with Crippen LogP contribution < -0.4 is 14.8 Å². The van der Waals surface area contributed by atoms with Crippen LogP contribution in [0.2, 0.25) is 5.02 Å². The molecular formula is C20H18ClN3O4. The average Bonchev–Trinajstić information content (AvgIpc) is 3.34. The van der Waals surface area contributed by atoms with Crippen LogP contribution in [0.5, 0.6) is 11.5 Å². The number of halogens is 1. The second-order valence-electron chi connectivity index (χ2n) is 6.32. The van der Waals surface area contributed by atoms with Crippen molar-refractivity contribution in [1.29, 1.82) is 0 Å². The van der Waals surface area contributed by atoms with E-state index in [2.05, 4.69) is 15.5 Å². The fraction of sp³-hybridized carbons (Fsp3) is 0.250. The predicted octanol–water partition coefficient (Wildman–Crippen LogP) is 3.29. The fourth-order valence-electron chi connectivity index (χ4n) is 2.83. The molecule has 144 valence electrons. The minimum atomic E-state index is -0.101. The summed E-state index contributed by atoms with van der Waals surface area (Å²) in [6.07, 6.45) is 1.13. The SMILES string of the molecule is O=C(CCc1nnc(Cc2ccc3c(c2)OCO3)o1)NCc1ccccc1Cl. The standard InChI is InChI=1S/C20H18ClN3O4/c21-15-4-2-1-3-14(15)11-22-18(25)7-8-19-23-24-20(28-19)10-13-5-6-16-17(9-13)27-12-26-16/h1-6,9H,7-8,10-12H2,(H,22,25). The summed E-state index contributed by atoms with van der Waals surface area (Å²) in [5.74, 6) is 2.27. The number of nitrogens with one attached hydrogen (secondary N) is 1. The summed E-state index contributed by atoms with van der Waals surface area (Å²) in [6, 6.07) is 13.1. The van der Waals surface area contributed by atoms with Crippen molar-refractivity contribution in [3.8, 4) is 11.5 Å². The lowest BCUT2D eigenvalue weighted by Gasteiger charge is -2.06. The quantitative estimate of drug-likeness (QED) is 0.656. The van der Waals surface area contributed by atoms with Gasteiger partial charge in [-0.05, 0) is 29.3 Å². The normalized spacial score (nSPS) is 12.2. The first-order valence-corrected chi connectivity index (χ1v) is 9.25. The number of fused-ring (bicyclic) bond motifs is 1. The monoisotopic (exact) mass is 399 g/mol. The second kappa shape index (κ2) is 8.31. The van der Waals surface area contributed by atoms with E-state index >= 15 is 0 Å². The van der Waals surface area contributed by atoms with Crippen LogP contribution in [-0.2, 0) is 24.2 Å². The number of hydrogen-bond donors (Lipinski definition) is 1. The van der Waals surface area contributed by atoms with Crippen LogP contribution in [0.25, 0.3) is 0 Å². The molecule has 0 bridgehead atoms. The number of carbonyl (C=O) groups excluding carboxylic acids is 1. The molecule has 0 radical (unpaired) electrons. The van der Waals surface area contributed by atoms with Gasteiger partial charge >= 0.3 is 0 Å². The Hall–Kier alpha value is -3.06. The number of carbonyl (C=O) groups is 1. The predicted molar refractivity (Wildman–Crippen MR) is 101 cm³/mol. The van der Waals surface area contributed by atoms with E-state index in [1.54, 1.807) is 6.07 Å². The van der Waals surface area contributed by atoms with Crippen molar-refractivity contribution < 1.29 is 18.7 Å². The van der Waals surface area contributed by atoms with E-state index in [-0.39, 0.29) is 19.1 Å². The molecule has 0 spiro atoms. The molecule has 1 aromatic heterocycles. The van der Waals surface area contributed by atoms with Crippen molar-refractivity contribution in [2.24, 2.45) is 0 Å². The van der Waals surface area contributed by atoms with Gasteiger partial charge in [0.1, 0.15) is 0 Å². The molecular weight excluding hydrogens is 382 g/mol. The Morgan fingerprint density at radius 2 is 1.89 bits per heavy atom. The van der Waals surface area contributed by atoms with Crippen LogP contribution in [0.15, 0.2) is 46.9 Å². The van der Waals surface area contributed by atoms with Gasteiger partial charge in [-0.25, -0.2) is 0 Å². The van der Waals surface area contributed by atoms with Gasteiger partial charge in [0, 0.05) is 24.4 Å². The maximum absolute atomic E-state index is 12.0. The second-order valence-corrected chi connectivity index (χ2v) is 6.73. The minimum Gasteiger partial charge on any atom is -0.454 e. The summed E-state index contributed by atoms with van der Waals surface area (Å²) in [7, 11) is 0. The van der Waals surface area contributed by atoms with Gasteiger partial charge in [0.2, 0.25) is 24.5 Å². The molecule has 2 aromatic carbocycles. The Kier molecular flexibility index (Phi) is 5.43. The molecule has 0 unspecified atom stereocenters. The van der Waals surface area contributed by atoms with E-state index in [1.165, 1.54) is 0 Å². The van der Waals surface area contributed by atoms with Gasteiger partial charge in [-0.1, -0.05) is 35.9 Å². The van der Waals surface area contributed by atoms with Crippen molar-refractivity contribution >= 4 is 17.5 Å². The summed E-state index contributed by atoms with van der Waals surface area (Å²) in [6.45, 7) is 0.625. The molecule has 8 heteroatoms. The smallest absolute Gasteiger partial charge is 0.231 e. The van der Waals surface area contributed by atoms with Gasteiger partial charge in [0.25, 0.3) is 0 Å². The van der Waals surface area contributed by atoms with Gasteiger partial charge < -0.3 is 19.2 Å². The van der Waals surface area contributed by atoms with E-state index in [0.29, 0.717) is 41.9 Å². The summed E-state index contributed by atoms with van der Waals surface area (Å²) in [5, 5.41) is 11.5. The lowest BCUT2D eigenvalue weighted by atomic mass is 10.1. The zero-order valence-corrected chi connectivity index (χ0v) is 15.7. The Bertz CT molecular complexity index is 989. The van der Waals surface area contributed by atoms with Crippen molar-refractivity contribution in [3.05, 3.63) is 70.4 Å². The molecule has 0 atom stereocenters. The molecule has 1 aliphatic rings. The third-order valence-corrected chi connectivity index (χ3v) is 4.67. The first-order valence-electron chi connectivity index (χ1n) is 8.87. The van der Waals surface area contributed by atoms with Gasteiger partial charge in [0.15, 0.2) is 11.5 Å². The lowest BCUT2D eigenvalue weighted by molar-refractivity contribution is -0.121. The first-order chi connectivity index (χ1) is 13.7. The highest BCUT2D eigenvalue weighted by Crippen LogP contribution is 2.33.